The quantitative estimate of drug-likeness (QED) is 0.663. The van der Waals surface area contributed by atoms with Crippen LogP contribution >= 0.6 is 0 Å². The van der Waals surface area contributed by atoms with Gasteiger partial charge in [0.25, 0.3) is 0 Å². The van der Waals surface area contributed by atoms with Gasteiger partial charge in [-0.15, -0.1) is 0 Å². The molecule has 0 unspecified atom stereocenters. The monoisotopic (exact) mass is 317 g/mol. The van der Waals surface area contributed by atoms with Crippen LogP contribution in [0, 0.1) is 5.92 Å². The number of likely N-dealkylation sites (tertiary alicyclic amines) is 1. The molecule has 0 bridgehead atoms. The highest BCUT2D eigenvalue weighted by Crippen LogP contribution is 2.29. The second-order valence-electron chi connectivity index (χ2n) is 7.41. The van der Waals surface area contributed by atoms with E-state index in [0.717, 1.165) is 5.92 Å². The van der Waals surface area contributed by atoms with E-state index in [0.29, 0.717) is 6.33 Å². The van der Waals surface area contributed by atoms with Crippen LogP contribution in [0.4, 0.5) is 4.39 Å². The summed E-state index contributed by atoms with van der Waals surface area (Å²) in [5, 5.41) is 0. The van der Waals surface area contributed by atoms with Crippen LogP contribution in [0.25, 0.3) is 0 Å². The third-order valence-corrected chi connectivity index (χ3v) is 4.38. The molecule has 0 atom stereocenters. The summed E-state index contributed by atoms with van der Waals surface area (Å²) in [6, 6.07) is 9.02. The summed E-state index contributed by atoms with van der Waals surface area (Å²) in [7, 11) is 2.24. The van der Waals surface area contributed by atoms with Crippen LogP contribution in [0.2, 0.25) is 0 Å². The second kappa shape index (κ2) is 9.67. The van der Waals surface area contributed by atoms with Crippen molar-refractivity contribution in [2.45, 2.75) is 45.4 Å². The van der Waals surface area contributed by atoms with E-state index in [-0.39, 0.29) is 5.41 Å². The fourth-order valence-corrected chi connectivity index (χ4v) is 3.06. The Hall–Kier alpha value is -1.41. The van der Waals surface area contributed by atoms with E-state index in [4.69, 9.17) is 0 Å². The lowest BCUT2D eigenvalue weighted by molar-refractivity contribution is 0.218. The standard InChI is InChI=1S/C17H27N.C4H5F/c1-17(2,3)16-8-6-5-7-15(16)13-14-9-11-18(4)12-10-14;1-2-3-4-5/h5-8,14H,9-13H2,1-4H3;2-4H,1H2/b;4-3+. The maximum absolute atomic E-state index is 10.7. The smallest absolute Gasteiger partial charge is 0.0866 e. The van der Waals surface area contributed by atoms with Crippen LogP contribution in [0.15, 0.2) is 49.3 Å². The first kappa shape index (κ1) is 19.6. The molecule has 0 aromatic heterocycles. The lowest BCUT2D eigenvalue weighted by Crippen LogP contribution is -2.31. The number of rotatable bonds is 3. The minimum atomic E-state index is 0.266. The first-order valence-corrected chi connectivity index (χ1v) is 8.53. The molecule has 1 nitrogen and oxygen atoms in total. The van der Waals surface area contributed by atoms with Gasteiger partial charge in [0.1, 0.15) is 0 Å². The minimum Gasteiger partial charge on any atom is -0.306 e. The summed E-state index contributed by atoms with van der Waals surface area (Å²) >= 11 is 0. The van der Waals surface area contributed by atoms with Crippen molar-refractivity contribution in [2.75, 3.05) is 20.1 Å². The summed E-state index contributed by atoms with van der Waals surface area (Å²) in [6.07, 6.45) is 7.01. The Labute approximate surface area is 141 Å². The van der Waals surface area contributed by atoms with Gasteiger partial charge in [-0.2, -0.15) is 0 Å². The van der Waals surface area contributed by atoms with E-state index in [1.54, 1.807) is 5.56 Å². The zero-order valence-electron chi connectivity index (χ0n) is 15.2. The fraction of sp³-hybridized carbons (Fsp3) is 0.524. The van der Waals surface area contributed by atoms with Crippen LogP contribution < -0.4 is 0 Å². The molecule has 1 aromatic carbocycles. The summed E-state index contributed by atoms with van der Waals surface area (Å²) in [5.41, 5.74) is 3.37. The van der Waals surface area contributed by atoms with Crippen LogP contribution in [0.3, 0.4) is 0 Å². The maximum atomic E-state index is 10.7. The molecule has 1 aromatic rings. The first-order chi connectivity index (χ1) is 10.9. The average Bonchev–Trinajstić information content (AvgIpc) is 2.51. The van der Waals surface area contributed by atoms with Crippen molar-refractivity contribution in [3.05, 3.63) is 60.5 Å². The Bertz CT molecular complexity index is 491. The molecule has 2 heteroatoms. The number of piperidine rings is 1. The fourth-order valence-electron chi connectivity index (χ4n) is 3.06. The van der Waals surface area contributed by atoms with Crippen molar-refractivity contribution in [1.29, 1.82) is 0 Å². The van der Waals surface area contributed by atoms with E-state index in [1.165, 1.54) is 50.1 Å². The Morgan fingerprint density at radius 1 is 1.22 bits per heavy atom. The number of halogens is 1. The van der Waals surface area contributed by atoms with Gasteiger partial charge in [0, 0.05) is 0 Å². The maximum Gasteiger partial charge on any atom is 0.0866 e. The number of benzene rings is 1. The SMILES string of the molecule is C=C/C=C/F.CN1CCC(Cc2ccccc2C(C)(C)C)CC1. The van der Waals surface area contributed by atoms with E-state index in [9.17, 15) is 4.39 Å². The Balaban J connectivity index is 0.000000463. The molecule has 1 aliphatic rings. The molecule has 1 heterocycles. The first-order valence-electron chi connectivity index (χ1n) is 8.53. The number of nitrogens with zero attached hydrogens (tertiary/aromatic N) is 1. The molecule has 0 N–H and O–H groups in total. The van der Waals surface area contributed by atoms with Crippen LogP contribution in [0.1, 0.15) is 44.7 Å². The summed E-state index contributed by atoms with van der Waals surface area (Å²) < 4.78 is 10.7. The van der Waals surface area contributed by atoms with Gasteiger partial charge in [-0.05, 0) is 67.9 Å². The summed E-state index contributed by atoms with van der Waals surface area (Å²) in [4.78, 5) is 2.45. The lowest BCUT2D eigenvalue weighted by atomic mass is 9.80. The highest BCUT2D eigenvalue weighted by Gasteiger charge is 2.21. The van der Waals surface area contributed by atoms with Crippen molar-refractivity contribution < 1.29 is 4.39 Å². The van der Waals surface area contributed by atoms with Crippen molar-refractivity contribution in [3.8, 4) is 0 Å². The molecule has 0 amide bonds. The molecule has 0 radical (unpaired) electrons. The van der Waals surface area contributed by atoms with Gasteiger partial charge >= 0.3 is 0 Å². The Kier molecular flexibility index (Phi) is 8.25. The zero-order chi connectivity index (χ0) is 17.3. The predicted octanol–water partition coefficient (Wildman–Crippen LogP) is 5.52. The van der Waals surface area contributed by atoms with Gasteiger partial charge in [0.2, 0.25) is 0 Å². The van der Waals surface area contributed by atoms with Crippen molar-refractivity contribution in [2.24, 2.45) is 5.92 Å². The number of hydrogen-bond acceptors (Lipinski definition) is 1. The number of hydrogen-bond donors (Lipinski definition) is 0. The van der Waals surface area contributed by atoms with E-state index >= 15 is 0 Å². The average molecular weight is 317 g/mol. The molecular weight excluding hydrogens is 285 g/mol. The molecule has 0 spiro atoms. The highest BCUT2D eigenvalue weighted by molar-refractivity contribution is 5.33. The third-order valence-electron chi connectivity index (χ3n) is 4.38. The summed E-state index contributed by atoms with van der Waals surface area (Å²) in [5.74, 6) is 0.879. The van der Waals surface area contributed by atoms with Crippen molar-refractivity contribution >= 4 is 0 Å². The number of allylic oxidation sites excluding steroid dienone is 2. The van der Waals surface area contributed by atoms with Crippen LogP contribution in [-0.2, 0) is 11.8 Å². The van der Waals surface area contributed by atoms with Crippen molar-refractivity contribution in [1.82, 2.24) is 4.90 Å². The highest BCUT2D eigenvalue weighted by atomic mass is 19.1. The topological polar surface area (TPSA) is 3.24 Å². The lowest BCUT2D eigenvalue weighted by Gasteiger charge is -2.31. The molecule has 1 aliphatic heterocycles. The molecule has 23 heavy (non-hydrogen) atoms. The van der Waals surface area contributed by atoms with Crippen LogP contribution in [-0.4, -0.2) is 25.0 Å². The van der Waals surface area contributed by atoms with Gasteiger partial charge in [0.15, 0.2) is 0 Å². The van der Waals surface area contributed by atoms with Crippen LogP contribution in [0.5, 0.6) is 0 Å². The second-order valence-corrected chi connectivity index (χ2v) is 7.41. The van der Waals surface area contributed by atoms with Gasteiger partial charge in [-0.1, -0.05) is 57.7 Å². The van der Waals surface area contributed by atoms with Gasteiger partial charge in [-0.3, -0.25) is 0 Å². The predicted molar refractivity (Wildman–Crippen MR) is 99.5 cm³/mol. The molecule has 1 fully saturated rings. The third kappa shape index (κ3) is 7.13. The molecule has 0 aliphatic carbocycles. The molecule has 2 rings (SSSR count). The largest absolute Gasteiger partial charge is 0.306 e. The van der Waals surface area contributed by atoms with E-state index < -0.39 is 0 Å². The molecule has 1 saturated heterocycles. The molecular formula is C21H32FN. The Morgan fingerprint density at radius 3 is 2.30 bits per heavy atom. The molecule has 128 valence electrons. The zero-order valence-corrected chi connectivity index (χ0v) is 15.2. The Morgan fingerprint density at radius 2 is 1.83 bits per heavy atom. The minimum absolute atomic E-state index is 0.266. The summed E-state index contributed by atoms with van der Waals surface area (Å²) in [6.45, 7) is 12.7. The van der Waals surface area contributed by atoms with E-state index in [1.807, 2.05) is 0 Å². The van der Waals surface area contributed by atoms with Gasteiger partial charge in [-0.25, -0.2) is 4.39 Å². The van der Waals surface area contributed by atoms with Gasteiger partial charge < -0.3 is 4.90 Å². The van der Waals surface area contributed by atoms with Crippen molar-refractivity contribution in [3.63, 3.8) is 0 Å². The normalized spacial score (nSPS) is 16.9. The van der Waals surface area contributed by atoms with Gasteiger partial charge in [0.05, 0.1) is 6.33 Å². The molecule has 0 saturated carbocycles. The van der Waals surface area contributed by atoms with E-state index in [2.05, 4.69) is 63.6 Å².